The first-order valence-electron chi connectivity index (χ1n) is 1.91. The van der Waals surface area contributed by atoms with Crippen LogP contribution in [0.4, 0.5) is 23.3 Å². The van der Waals surface area contributed by atoms with E-state index in [-0.39, 0.29) is 0 Å². The van der Waals surface area contributed by atoms with Crippen molar-refractivity contribution in [3.8, 4) is 0 Å². The molecule has 68 valence electrons. The Hall–Kier alpha value is 0.280. The summed E-state index contributed by atoms with van der Waals surface area (Å²) in [6.45, 7) is 0. The predicted octanol–water partition coefficient (Wildman–Crippen LogP) is 4.15. The first-order chi connectivity index (χ1) is 3.75. The van der Waals surface area contributed by atoms with Crippen LogP contribution in [-0.4, -0.2) is 12.5 Å². The summed E-state index contributed by atoms with van der Waals surface area (Å²) < 4.78 is 70.0. The first kappa shape index (κ1) is 10.3. The van der Waals surface area contributed by atoms with E-state index in [0.717, 1.165) is 0 Å². The SMILES string of the molecule is CS(F)(F)S(C)(F)(F)(F)F. The largest absolute Gasteiger partial charge is 0.230 e. The maximum absolute atomic E-state index is 11.7. The van der Waals surface area contributed by atoms with Crippen molar-refractivity contribution in [3.63, 3.8) is 0 Å². The molecule has 0 unspecified atom stereocenters. The molecule has 0 saturated heterocycles. The second-order valence-electron chi connectivity index (χ2n) is 2.05. The van der Waals surface area contributed by atoms with Crippen molar-refractivity contribution in [2.45, 2.75) is 0 Å². The monoisotopic (exact) mass is 208 g/mol. The molecule has 0 nitrogen and oxygen atoms in total. The van der Waals surface area contributed by atoms with E-state index in [0.29, 0.717) is 0 Å². The van der Waals surface area contributed by atoms with Crippen molar-refractivity contribution in [1.82, 2.24) is 0 Å². The Balaban J connectivity index is 5.14. The smallest absolute Gasteiger partial charge is 0.141 e. The van der Waals surface area contributed by atoms with E-state index in [2.05, 4.69) is 0 Å². The summed E-state index contributed by atoms with van der Waals surface area (Å²) in [5.41, 5.74) is 0. The minimum absolute atomic E-state index is 0.408. The average molecular weight is 208 g/mol. The lowest BCUT2D eigenvalue weighted by Gasteiger charge is -2.51. The molecule has 0 aliphatic heterocycles. The van der Waals surface area contributed by atoms with E-state index < -0.39 is 31.2 Å². The van der Waals surface area contributed by atoms with Crippen molar-refractivity contribution >= 4 is 18.7 Å². The lowest BCUT2D eigenvalue weighted by atomic mass is 12.0. The maximum Gasteiger partial charge on any atom is 0.230 e. The van der Waals surface area contributed by atoms with Crippen molar-refractivity contribution in [1.29, 1.82) is 0 Å². The summed E-state index contributed by atoms with van der Waals surface area (Å²) >= 11 is 0. The molecule has 0 heterocycles. The minimum Gasteiger partial charge on any atom is -0.141 e. The molecule has 0 saturated carbocycles. The molecular formula is C2H6F6S2. The van der Waals surface area contributed by atoms with Crippen molar-refractivity contribution in [2.75, 3.05) is 12.5 Å². The number of rotatable bonds is 1. The van der Waals surface area contributed by atoms with Gasteiger partial charge in [-0.3, -0.25) is 0 Å². The Kier molecular flexibility index (Phi) is 1.44. The van der Waals surface area contributed by atoms with Gasteiger partial charge in [-0.05, 0) is 0 Å². The summed E-state index contributed by atoms with van der Waals surface area (Å²) in [7, 11) is -15.1. The third kappa shape index (κ3) is 1.88. The van der Waals surface area contributed by atoms with Crippen LogP contribution < -0.4 is 0 Å². The Morgan fingerprint density at radius 3 is 1.10 bits per heavy atom. The van der Waals surface area contributed by atoms with Crippen LogP contribution >= 0.6 is 18.7 Å². The van der Waals surface area contributed by atoms with Crippen LogP contribution in [-0.2, 0) is 0 Å². The van der Waals surface area contributed by atoms with E-state index in [1.165, 1.54) is 0 Å². The highest BCUT2D eigenvalue weighted by Gasteiger charge is 2.71. The Morgan fingerprint density at radius 1 is 1.00 bits per heavy atom. The highest BCUT2D eigenvalue weighted by atomic mass is 33.3. The highest BCUT2D eigenvalue weighted by Crippen LogP contribution is 3.13. The third-order valence-corrected chi connectivity index (χ3v) is 6.62. The standard InChI is InChI=1S/C2H6F6S2/c1-9(3,4)10(2,5,6,7)8/h1-2H3. The summed E-state index contributed by atoms with van der Waals surface area (Å²) in [4.78, 5) is 0. The molecule has 0 radical (unpaired) electrons. The van der Waals surface area contributed by atoms with Crippen LogP contribution in [0.1, 0.15) is 0 Å². The fourth-order valence-corrected chi connectivity index (χ4v) is 0. The van der Waals surface area contributed by atoms with Crippen molar-refractivity contribution < 1.29 is 23.3 Å². The molecule has 0 fully saturated rings. The van der Waals surface area contributed by atoms with E-state index in [9.17, 15) is 23.3 Å². The minimum atomic E-state index is -9.00. The van der Waals surface area contributed by atoms with Crippen LogP contribution in [0.25, 0.3) is 0 Å². The normalized spacial score (nSPS) is 23.2. The van der Waals surface area contributed by atoms with Crippen molar-refractivity contribution in [3.05, 3.63) is 0 Å². The Bertz CT molecular complexity index is 144. The van der Waals surface area contributed by atoms with Crippen molar-refractivity contribution in [2.24, 2.45) is 0 Å². The molecule has 10 heavy (non-hydrogen) atoms. The van der Waals surface area contributed by atoms with Gasteiger partial charge in [0.1, 0.15) is 0 Å². The maximum atomic E-state index is 11.7. The summed E-state index contributed by atoms with van der Waals surface area (Å²) in [6.07, 6.45) is -1.36. The molecule has 0 rings (SSSR count). The molecule has 0 bridgehead atoms. The molecule has 0 amide bonds. The van der Waals surface area contributed by atoms with E-state index in [1.54, 1.807) is 0 Å². The second kappa shape index (κ2) is 1.40. The lowest BCUT2D eigenvalue weighted by molar-refractivity contribution is 0.484. The number of hydrogen-bond donors (Lipinski definition) is 0. The lowest BCUT2D eigenvalue weighted by Crippen LogP contribution is -2.12. The van der Waals surface area contributed by atoms with Gasteiger partial charge in [-0.15, -0.1) is 23.3 Å². The molecule has 0 N–H and O–H groups in total. The summed E-state index contributed by atoms with van der Waals surface area (Å²) in [5.74, 6) is 0. The topological polar surface area (TPSA) is 0 Å². The van der Waals surface area contributed by atoms with Crippen LogP contribution in [0.15, 0.2) is 0 Å². The summed E-state index contributed by atoms with van der Waals surface area (Å²) in [6, 6.07) is 0. The van der Waals surface area contributed by atoms with Gasteiger partial charge in [0, 0.05) is 6.26 Å². The van der Waals surface area contributed by atoms with Gasteiger partial charge >= 0.3 is 0 Å². The highest BCUT2D eigenvalue weighted by molar-refractivity contribution is 9.13. The molecule has 0 aliphatic rings. The van der Waals surface area contributed by atoms with Gasteiger partial charge < -0.3 is 0 Å². The second-order valence-corrected chi connectivity index (χ2v) is 10.4. The fraction of sp³-hybridized carbons (Fsp3) is 1.00. The molecule has 0 aromatic carbocycles. The molecule has 0 aliphatic carbocycles. The number of halogens is 6. The van der Waals surface area contributed by atoms with Gasteiger partial charge in [-0.25, -0.2) is 0 Å². The van der Waals surface area contributed by atoms with Gasteiger partial charge in [0.2, 0.25) is 8.87 Å². The van der Waals surface area contributed by atoms with E-state index >= 15 is 0 Å². The zero-order valence-electron chi connectivity index (χ0n) is 5.08. The van der Waals surface area contributed by atoms with Gasteiger partial charge in [-0.2, -0.15) is 0 Å². The molecular weight excluding hydrogens is 202 g/mol. The first-order valence-corrected chi connectivity index (χ1v) is 6.73. The van der Waals surface area contributed by atoms with E-state index in [4.69, 9.17) is 0 Å². The molecule has 0 spiro atoms. The van der Waals surface area contributed by atoms with Gasteiger partial charge in [0.05, 0.1) is 6.26 Å². The average Bonchev–Trinajstić information content (AvgIpc) is 1.16. The number of hydrogen-bond acceptors (Lipinski definition) is 0. The Labute approximate surface area is 55.3 Å². The van der Waals surface area contributed by atoms with Crippen LogP contribution in [0.5, 0.6) is 0 Å². The van der Waals surface area contributed by atoms with Gasteiger partial charge in [-0.1, -0.05) is 0 Å². The third-order valence-electron chi connectivity index (χ3n) is 0.735. The van der Waals surface area contributed by atoms with E-state index in [1.807, 2.05) is 0 Å². The summed E-state index contributed by atoms with van der Waals surface area (Å²) in [5, 5.41) is 0. The fourth-order valence-electron chi connectivity index (χ4n) is 0. The van der Waals surface area contributed by atoms with Gasteiger partial charge in [0.25, 0.3) is 0 Å². The molecule has 8 heteroatoms. The van der Waals surface area contributed by atoms with Crippen LogP contribution in [0.2, 0.25) is 0 Å². The molecule has 0 aromatic rings. The molecule has 0 aromatic heterocycles. The predicted molar refractivity (Wildman–Crippen MR) is 33.7 cm³/mol. The van der Waals surface area contributed by atoms with Crippen LogP contribution in [0, 0.1) is 0 Å². The Morgan fingerprint density at radius 2 is 1.10 bits per heavy atom. The van der Waals surface area contributed by atoms with Crippen LogP contribution in [0.3, 0.4) is 0 Å². The molecule has 0 atom stereocenters. The zero-order valence-corrected chi connectivity index (χ0v) is 6.72. The quantitative estimate of drug-likeness (QED) is 0.448. The zero-order chi connectivity index (χ0) is 8.91. The van der Waals surface area contributed by atoms with Gasteiger partial charge in [0.15, 0.2) is 9.83 Å².